The van der Waals surface area contributed by atoms with Gasteiger partial charge in [0.1, 0.15) is 0 Å². The van der Waals surface area contributed by atoms with E-state index in [1.54, 1.807) is 0 Å². The number of benzene rings is 1. The molecule has 3 aliphatic rings. The number of fused-ring (bicyclic) bond motifs is 1. The Morgan fingerprint density at radius 2 is 1.74 bits per heavy atom. The van der Waals surface area contributed by atoms with Crippen molar-refractivity contribution in [2.75, 3.05) is 6.54 Å². The molecule has 0 bridgehead atoms. The quantitative estimate of drug-likeness (QED) is 0.451. The number of aromatic nitrogens is 2. The summed E-state index contributed by atoms with van der Waals surface area (Å²) < 4.78 is 30.6. The Morgan fingerprint density at radius 1 is 1.06 bits per heavy atom. The minimum Gasteiger partial charge on any atom is -0.294 e. The number of nitrogens with zero attached hydrogens (tertiary/aromatic N) is 4. The van der Waals surface area contributed by atoms with Crippen molar-refractivity contribution in [3.63, 3.8) is 0 Å². The number of Topliss-reactive ketones (excluding diaryl/α,β-unsaturated/α-hetero) is 1. The number of rotatable bonds is 5. The summed E-state index contributed by atoms with van der Waals surface area (Å²) in [4.78, 5) is 23.8. The highest BCUT2D eigenvalue weighted by Gasteiger charge is 2.44. The number of sulfonamides is 1. The lowest BCUT2D eigenvalue weighted by Crippen LogP contribution is -2.33. The highest BCUT2D eigenvalue weighted by Crippen LogP contribution is 2.45. The molecule has 0 unspecified atom stereocenters. The summed E-state index contributed by atoms with van der Waals surface area (Å²) in [6.07, 6.45) is 6.75. The lowest BCUT2D eigenvalue weighted by Gasteiger charge is -2.30. The second kappa shape index (κ2) is 8.27. The van der Waals surface area contributed by atoms with Gasteiger partial charge in [-0.15, -0.1) is 0 Å². The lowest BCUT2D eigenvalue weighted by atomic mass is 9.75. The molecule has 1 aromatic heterocycles. The summed E-state index contributed by atoms with van der Waals surface area (Å²) >= 11 is 0. The molecule has 2 aliphatic carbocycles. The molecule has 10 heteroatoms. The third-order valence-corrected chi connectivity index (χ3v) is 9.37. The molecule has 34 heavy (non-hydrogen) atoms. The normalized spacial score (nSPS) is 23.4. The van der Waals surface area contributed by atoms with Gasteiger partial charge >= 0.3 is 0 Å². The van der Waals surface area contributed by atoms with Gasteiger partial charge in [0.15, 0.2) is 5.78 Å². The van der Waals surface area contributed by atoms with Crippen molar-refractivity contribution in [2.45, 2.75) is 82.2 Å². The van der Waals surface area contributed by atoms with E-state index in [0.29, 0.717) is 37.1 Å². The van der Waals surface area contributed by atoms with E-state index >= 15 is 0 Å². The molecule has 0 radical (unpaired) electrons. The van der Waals surface area contributed by atoms with Crippen LogP contribution in [0.5, 0.6) is 0 Å². The van der Waals surface area contributed by atoms with Gasteiger partial charge in [-0.25, -0.2) is 8.42 Å². The summed E-state index contributed by atoms with van der Waals surface area (Å²) in [6.45, 7) is 4.52. The summed E-state index contributed by atoms with van der Waals surface area (Å²) in [5, 5.41) is 15.9. The molecule has 0 spiro atoms. The predicted molar refractivity (Wildman–Crippen MR) is 125 cm³/mol. The van der Waals surface area contributed by atoms with Crippen molar-refractivity contribution < 1.29 is 18.1 Å². The van der Waals surface area contributed by atoms with Gasteiger partial charge in [-0.3, -0.25) is 19.6 Å². The maximum atomic E-state index is 13.6. The van der Waals surface area contributed by atoms with Crippen molar-refractivity contribution in [3.05, 3.63) is 51.3 Å². The van der Waals surface area contributed by atoms with Gasteiger partial charge < -0.3 is 0 Å². The van der Waals surface area contributed by atoms with Gasteiger partial charge in [-0.05, 0) is 49.7 Å². The van der Waals surface area contributed by atoms with Crippen LogP contribution in [0, 0.1) is 15.5 Å². The van der Waals surface area contributed by atoms with Crippen LogP contribution in [-0.4, -0.2) is 39.8 Å². The van der Waals surface area contributed by atoms with Crippen LogP contribution in [-0.2, 0) is 16.4 Å². The number of nitro benzene ring substituents is 1. The SMILES string of the molecule is CC1(C)CC(=O)c2c([C@@H]3CCCN3S(=O)(=O)c3ccc([N+](=O)[O-])cc3)nn(C3CCCC3)c2C1. The van der Waals surface area contributed by atoms with E-state index in [-0.39, 0.29) is 27.8 Å². The largest absolute Gasteiger partial charge is 0.294 e. The van der Waals surface area contributed by atoms with Gasteiger partial charge in [0, 0.05) is 25.1 Å². The highest BCUT2D eigenvalue weighted by atomic mass is 32.2. The van der Waals surface area contributed by atoms with E-state index in [9.17, 15) is 23.3 Å². The molecule has 9 nitrogen and oxygen atoms in total. The van der Waals surface area contributed by atoms with Gasteiger partial charge in [0.05, 0.1) is 38.9 Å². The molecule has 1 aliphatic heterocycles. The minimum atomic E-state index is -3.90. The van der Waals surface area contributed by atoms with E-state index in [0.717, 1.165) is 37.8 Å². The molecule has 0 amide bonds. The monoisotopic (exact) mass is 486 g/mol. The third-order valence-electron chi connectivity index (χ3n) is 7.44. The summed E-state index contributed by atoms with van der Waals surface area (Å²) in [5.41, 5.74) is 1.86. The molecule has 1 aromatic carbocycles. The second-order valence-corrected chi connectivity index (χ2v) is 12.4. The molecule has 5 rings (SSSR count). The molecule has 2 fully saturated rings. The number of ketones is 1. The topological polar surface area (TPSA) is 115 Å². The average Bonchev–Trinajstić information content (AvgIpc) is 3.52. The van der Waals surface area contributed by atoms with Crippen LogP contribution in [0.25, 0.3) is 0 Å². The Bertz CT molecular complexity index is 1240. The first-order chi connectivity index (χ1) is 16.1. The molecule has 0 N–H and O–H groups in total. The Kier molecular flexibility index (Phi) is 5.63. The fraction of sp³-hybridized carbons (Fsp3) is 0.583. The first kappa shape index (κ1) is 23.2. The number of nitro groups is 1. The Labute approximate surface area is 199 Å². The van der Waals surface area contributed by atoms with Crippen LogP contribution >= 0.6 is 0 Å². The van der Waals surface area contributed by atoms with Crippen molar-refractivity contribution in [2.24, 2.45) is 5.41 Å². The fourth-order valence-corrected chi connectivity index (χ4v) is 7.52. The molecule has 1 saturated carbocycles. The predicted octanol–water partition coefficient (Wildman–Crippen LogP) is 4.59. The van der Waals surface area contributed by atoms with Gasteiger partial charge in [-0.2, -0.15) is 9.40 Å². The first-order valence-corrected chi connectivity index (χ1v) is 13.4. The molecule has 1 atom stereocenters. The van der Waals surface area contributed by atoms with Crippen LogP contribution in [0.3, 0.4) is 0 Å². The van der Waals surface area contributed by atoms with E-state index in [2.05, 4.69) is 13.8 Å². The van der Waals surface area contributed by atoms with E-state index < -0.39 is 21.0 Å². The van der Waals surface area contributed by atoms with Crippen molar-refractivity contribution in [1.82, 2.24) is 14.1 Å². The summed E-state index contributed by atoms with van der Waals surface area (Å²) in [7, 11) is -3.90. The van der Waals surface area contributed by atoms with E-state index in [4.69, 9.17) is 5.10 Å². The van der Waals surface area contributed by atoms with Crippen LogP contribution < -0.4 is 0 Å². The summed E-state index contributed by atoms with van der Waals surface area (Å²) in [5.74, 6) is 0.0464. The molecule has 2 aromatic rings. The van der Waals surface area contributed by atoms with E-state index in [1.165, 1.54) is 28.6 Å². The molecule has 182 valence electrons. The zero-order chi connectivity index (χ0) is 24.3. The zero-order valence-corrected chi connectivity index (χ0v) is 20.4. The number of carbonyl (C=O) groups is 1. The first-order valence-electron chi connectivity index (χ1n) is 12.0. The van der Waals surface area contributed by atoms with Crippen LogP contribution in [0.1, 0.15) is 92.6 Å². The van der Waals surface area contributed by atoms with E-state index in [1.807, 2.05) is 4.68 Å². The molecule has 1 saturated heterocycles. The average molecular weight is 487 g/mol. The van der Waals surface area contributed by atoms with Gasteiger partial charge in [-0.1, -0.05) is 26.7 Å². The fourth-order valence-electron chi connectivity index (χ4n) is 5.86. The van der Waals surface area contributed by atoms with Gasteiger partial charge in [0.25, 0.3) is 5.69 Å². The molecular weight excluding hydrogens is 456 g/mol. The van der Waals surface area contributed by atoms with Crippen LogP contribution in [0.15, 0.2) is 29.2 Å². The zero-order valence-electron chi connectivity index (χ0n) is 19.6. The lowest BCUT2D eigenvalue weighted by molar-refractivity contribution is -0.384. The van der Waals surface area contributed by atoms with Gasteiger partial charge in [0.2, 0.25) is 10.0 Å². The second-order valence-electron chi connectivity index (χ2n) is 10.6. The minimum absolute atomic E-state index is 0.0153. The third kappa shape index (κ3) is 3.86. The maximum Gasteiger partial charge on any atom is 0.269 e. The van der Waals surface area contributed by atoms with Crippen LogP contribution in [0.2, 0.25) is 0 Å². The maximum absolute atomic E-state index is 13.6. The smallest absolute Gasteiger partial charge is 0.269 e. The van der Waals surface area contributed by atoms with Crippen LogP contribution in [0.4, 0.5) is 5.69 Å². The highest BCUT2D eigenvalue weighted by molar-refractivity contribution is 7.89. The molecular formula is C24H30N4O5S. The van der Waals surface area contributed by atoms with Crippen molar-refractivity contribution in [3.8, 4) is 0 Å². The number of carbonyl (C=O) groups excluding carboxylic acids is 1. The van der Waals surface area contributed by atoms with Crippen molar-refractivity contribution >= 4 is 21.5 Å². The number of non-ortho nitro benzene ring substituents is 1. The summed E-state index contributed by atoms with van der Waals surface area (Å²) in [6, 6.07) is 4.72. The van der Waals surface area contributed by atoms with Crippen molar-refractivity contribution in [1.29, 1.82) is 0 Å². The Morgan fingerprint density at radius 3 is 2.38 bits per heavy atom. The Hall–Kier alpha value is -2.59. The Balaban J connectivity index is 1.57. The standard InChI is InChI=1S/C24H30N4O5S/c1-24(2)14-20-22(21(29)15-24)23(25-27(20)16-6-3-4-7-16)19-8-5-13-26(19)34(32,33)18-11-9-17(10-12-18)28(30)31/h9-12,16,19H,3-8,13-15H2,1-2H3/t19-/m0/s1. The number of hydrogen-bond donors (Lipinski definition) is 0. The molecule has 2 heterocycles. The number of hydrogen-bond acceptors (Lipinski definition) is 6.